The van der Waals surface area contributed by atoms with Gasteiger partial charge < -0.3 is 0 Å². The van der Waals surface area contributed by atoms with Crippen LogP contribution >= 0.6 is 0 Å². The highest BCUT2D eigenvalue weighted by Crippen LogP contribution is 2.49. The van der Waals surface area contributed by atoms with E-state index in [1.807, 2.05) is 48.5 Å². The van der Waals surface area contributed by atoms with Gasteiger partial charge in [0.25, 0.3) is 0 Å². The molecule has 0 spiro atoms. The van der Waals surface area contributed by atoms with E-state index in [4.69, 9.17) is 0 Å². The average Bonchev–Trinajstić information content (AvgIpc) is 3.13. The Labute approximate surface area is 177 Å². The van der Waals surface area contributed by atoms with Crippen LogP contribution in [0, 0.1) is 32.7 Å². The van der Waals surface area contributed by atoms with Crippen molar-refractivity contribution in [1.29, 1.82) is 0 Å². The molecule has 0 aliphatic heterocycles. The summed E-state index contributed by atoms with van der Waals surface area (Å²) in [6, 6.07) is 25.4. The van der Waals surface area contributed by atoms with Crippen molar-refractivity contribution >= 4 is 11.1 Å². The third-order valence-electron chi connectivity index (χ3n) is 5.44. The number of hydrogen-bond acceptors (Lipinski definition) is 4. The van der Waals surface area contributed by atoms with E-state index < -0.39 is 21.2 Å². The molecular weight excluding hydrogens is 392 g/mol. The normalized spacial score (nSPS) is 14.8. The molecule has 0 unspecified atom stereocenters. The molecule has 148 valence electrons. The summed E-state index contributed by atoms with van der Waals surface area (Å²) in [7, 11) is 0. The van der Waals surface area contributed by atoms with Gasteiger partial charge in [-0.3, -0.25) is 20.2 Å². The third-order valence-corrected chi connectivity index (χ3v) is 5.44. The van der Waals surface area contributed by atoms with Crippen molar-refractivity contribution in [3.05, 3.63) is 145 Å². The van der Waals surface area contributed by atoms with Crippen LogP contribution in [-0.4, -0.2) is 9.85 Å². The number of nitrogens with zero attached hydrogens (tertiary/aromatic N) is 2. The number of allylic oxidation sites excluding steroid dienone is 3. The molecule has 0 aromatic heterocycles. The van der Waals surface area contributed by atoms with E-state index in [0.717, 1.165) is 22.3 Å². The van der Waals surface area contributed by atoms with E-state index in [9.17, 15) is 20.2 Å². The van der Waals surface area contributed by atoms with Crippen molar-refractivity contribution in [3.8, 4) is 11.1 Å². The van der Waals surface area contributed by atoms with Gasteiger partial charge in [-0.05, 0) is 39.5 Å². The fourth-order valence-electron chi connectivity index (χ4n) is 4.18. The van der Waals surface area contributed by atoms with Gasteiger partial charge in [-0.2, -0.15) is 0 Å². The Morgan fingerprint density at radius 3 is 1.81 bits per heavy atom. The molecule has 0 amide bonds. The number of fused-ring (bicyclic) bond motifs is 3. The lowest BCUT2D eigenvalue weighted by Crippen LogP contribution is -2.16. The SMILES string of the molecule is O=[N+]([O-])C1=C([N+](=O)[O-])C(=C2c3ccccc3-c3ccccc32)[CH]C(c2[c]cccc2)=C1. The maximum Gasteiger partial charge on any atom is 0.350 e. The van der Waals surface area contributed by atoms with Crippen molar-refractivity contribution in [2.45, 2.75) is 0 Å². The second-order valence-electron chi connectivity index (χ2n) is 7.15. The van der Waals surface area contributed by atoms with Gasteiger partial charge in [0.1, 0.15) is 0 Å². The predicted molar refractivity (Wildman–Crippen MR) is 116 cm³/mol. The summed E-state index contributed by atoms with van der Waals surface area (Å²) >= 11 is 0. The summed E-state index contributed by atoms with van der Waals surface area (Å²) in [6.07, 6.45) is 2.91. The second kappa shape index (κ2) is 7.18. The molecule has 0 saturated heterocycles. The van der Waals surface area contributed by atoms with E-state index in [1.165, 1.54) is 6.08 Å². The smallest absolute Gasteiger partial charge is 0.258 e. The lowest BCUT2D eigenvalue weighted by Gasteiger charge is -2.17. The minimum Gasteiger partial charge on any atom is -0.258 e. The molecule has 0 N–H and O–H groups in total. The summed E-state index contributed by atoms with van der Waals surface area (Å²) in [5.74, 6) is 0. The zero-order valence-corrected chi connectivity index (χ0v) is 16.1. The first-order valence-corrected chi connectivity index (χ1v) is 9.56. The number of benzene rings is 3. The topological polar surface area (TPSA) is 86.3 Å². The van der Waals surface area contributed by atoms with Gasteiger partial charge in [0.15, 0.2) is 0 Å². The Hall–Kier alpha value is -4.32. The van der Waals surface area contributed by atoms with Crippen molar-refractivity contribution in [1.82, 2.24) is 0 Å². The van der Waals surface area contributed by atoms with Crippen molar-refractivity contribution in [2.24, 2.45) is 0 Å². The Kier molecular flexibility index (Phi) is 4.33. The Morgan fingerprint density at radius 2 is 1.29 bits per heavy atom. The lowest BCUT2D eigenvalue weighted by molar-refractivity contribution is -0.464. The van der Waals surface area contributed by atoms with Crippen LogP contribution in [0.2, 0.25) is 0 Å². The van der Waals surface area contributed by atoms with E-state index >= 15 is 0 Å². The van der Waals surface area contributed by atoms with E-state index in [2.05, 4.69) is 6.07 Å². The molecule has 0 bridgehead atoms. The zero-order valence-electron chi connectivity index (χ0n) is 16.1. The van der Waals surface area contributed by atoms with Crippen LogP contribution in [0.1, 0.15) is 16.7 Å². The predicted octanol–water partition coefficient (Wildman–Crippen LogP) is 5.34. The second-order valence-corrected chi connectivity index (χ2v) is 7.15. The van der Waals surface area contributed by atoms with Crippen LogP contribution in [0.3, 0.4) is 0 Å². The molecule has 6 heteroatoms. The highest BCUT2D eigenvalue weighted by Gasteiger charge is 2.40. The van der Waals surface area contributed by atoms with Gasteiger partial charge in [0.2, 0.25) is 0 Å². The van der Waals surface area contributed by atoms with Crippen molar-refractivity contribution < 1.29 is 9.85 Å². The van der Waals surface area contributed by atoms with Crippen LogP contribution in [0.5, 0.6) is 0 Å². The first-order valence-electron chi connectivity index (χ1n) is 9.56. The van der Waals surface area contributed by atoms with E-state index in [1.54, 1.807) is 30.7 Å². The zero-order chi connectivity index (χ0) is 21.5. The third kappa shape index (κ3) is 2.97. The summed E-state index contributed by atoms with van der Waals surface area (Å²) < 4.78 is 0. The monoisotopic (exact) mass is 406 g/mol. The molecule has 2 aliphatic rings. The maximum atomic E-state index is 12.1. The summed E-state index contributed by atoms with van der Waals surface area (Å²) in [4.78, 5) is 22.5. The molecule has 31 heavy (non-hydrogen) atoms. The molecule has 3 aromatic rings. The van der Waals surface area contributed by atoms with Gasteiger partial charge >= 0.3 is 11.4 Å². The number of rotatable bonds is 3. The molecule has 6 nitrogen and oxygen atoms in total. The molecular formula is C25H14N2O4. The van der Waals surface area contributed by atoms with Crippen molar-refractivity contribution in [3.63, 3.8) is 0 Å². The van der Waals surface area contributed by atoms with Crippen molar-refractivity contribution in [2.75, 3.05) is 0 Å². The van der Waals surface area contributed by atoms with E-state index in [0.29, 0.717) is 16.7 Å². The highest BCUT2D eigenvalue weighted by atomic mass is 16.6. The largest absolute Gasteiger partial charge is 0.350 e. The minimum absolute atomic E-state index is 0.226. The minimum atomic E-state index is -0.693. The maximum absolute atomic E-state index is 12.1. The lowest BCUT2D eigenvalue weighted by atomic mass is 9.85. The Balaban J connectivity index is 1.86. The summed E-state index contributed by atoms with van der Waals surface area (Å²) in [5.41, 5.74) is 4.45. The molecule has 0 atom stereocenters. The van der Waals surface area contributed by atoms with Gasteiger partial charge in [-0.15, -0.1) is 0 Å². The van der Waals surface area contributed by atoms with Crippen LogP contribution in [0.15, 0.2) is 95.8 Å². The fourth-order valence-corrected chi connectivity index (χ4v) is 4.18. The van der Waals surface area contributed by atoms with Gasteiger partial charge in [-0.25, -0.2) is 0 Å². The number of hydrogen-bond donors (Lipinski definition) is 0. The average molecular weight is 406 g/mol. The fraction of sp³-hybridized carbons (Fsp3) is 0. The van der Waals surface area contributed by atoms with Gasteiger partial charge in [0.05, 0.1) is 15.4 Å². The van der Waals surface area contributed by atoms with Gasteiger partial charge in [-0.1, -0.05) is 72.8 Å². The first kappa shape index (κ1) is 18.7. The molecule has 2 radical (unpaired) electrons. The van der Waals surface area contributed by atoms with Crippen LogP contribution in [0.4, 0.5) is 0 Å². The van der Waals surface area contributed by atoms with E-state index in [-0.39, 0.29) is 5.57 Å². The van der Waals surface area contributed by atoms with Crippen LogP contribution in [0.25, 0.3) is 22.3 Å². The molecule has 5 rings (SSSR count). The summed E-state index contributed by atoms with van der Waals surface area (Å²) in [5, 5.41) is 23.9. The standard InChI is InChI=1S/C25H14N2O4/c28-26(29)23-15-17(16-8-2-1-3-9-16)14-22(25(23)27(30)31)24-20-12-6-4-10-18(20)19-11-5-7-13-21(19)24/h1-8,10-15H. The Bertz CT molecular complexity index is 1300. The molecule has 0 fully saturated rings. The molecule has 0 saturated carbocycles. The van der Waals surface area contributed by atoms with Crippen LogP contribution in [-0.2, 0) is 0 Å². The van der Waals surface area contributed by atoms with Crippen LogP contribution < -0.4 is 0 Å². The summed E-state index contributed by atoms with van der Waals surface area (Å²) in [6.45, 7) is 0. The Morgan fingerprint density at radius 1 is 0.710 bits per heavy atom. The number of nitro groups is 2. The highest BCUT2D eigenvalue weighted by molar-refractivity contribution is 6.05. The molecule has 0 heterocycles. The first-order chi connectivity index (χ1) is 15.1. The van der Waals surface area contributed by atoms with Gasteiger partial charge in [0, 0.05) is 18.1 Å². The quantitative estimate of drug-likeness (QED) is 0.340. The molecule has 3 aromatic carbocycles. The molecule has 2 aliphatic carbocycles.